The predicted molar refractivity (Wildman–Crippen MR) is 233 cm³/mol. The molecule has 3 heteroatoms. The minimum atomic E-state index is -0.434. The Morgan fingerprint density at radius 3 is 1.66 bits per heavy atom. The van der Waals surface area contributed by atoms with Gasteiger partial charge in [-0.1, -0.05) is 176 Å². The Kier molecular flexibility index (Phi) is 6.75. The second kappa shape index (κ2) is 12.0. The molecule has 0 saturated heterocycles. The summed E-state index contributed by atoms with van der Waals surface area (Å²) in [5.41, 5.74) is 17.2. The lowest BCUT2D eigenvalue weighted by molar-refractivity contribution is 0.794. The lowest BCUT2D eigenvalue weighted by Gasteiger charge is -2.30. The highest BCUT2D eigenvalue weighted by Crippen LogP contribution is 2.63. The maximum absolute atomic E-state index is 5.48. The van der Waals surface area contributed by atoms with Crippen molar-refractivity contribution in [2.24, 2.45) is 0 Å². The van der Waals surface area contributed by atoms with Crippen LogP contribution in [0.4, 0.5) is 0 Å². The molecule has 2 aromatic heterocycles. The van der Waals surface area contributed by atoms with E-state index in [-0.39, 0.29) is 0 Å². The normalized spacial score (nSPS) is 13.1. The lowest BCUT2D eigenvalue weighted by atomic mass is 9.70. The molecule has 0 amide bonds. The summed E-state index contributed by atoms with van der Waals surface area (Å²) in [5, 5.41) is 2.61. The molecule has 2 heterocycles. The Balaban J connectivity index is 1.09. The molecule has 8 aromatic carbocycles. The largest absolute Gasteiger partial charge is 0.228 e. The van der Waals surface area contributed by atoms with Crippen molar-refractivity contribution in [2.45, 2.75) is 5.41 Å². The minimum absolute atomic E-state index is 0.434. The Morgan fingerprint density at radius 1 is 0.357 bits per heavy atom. The van der Waals surface area contributed by atoms with Gasteiger partial charge in [-0.15, -0.1) is 11.3 Å². The SMILES string of the molecule is c1ccc(-c2cc(-c3cccc(-c4cccc5c4sc4ccccc45)c3)nc(-c3cccc4c3-c3ccccc3C43c4ccccc4-c4ccccc43)n2)cc1. The second-order valence-corrected chi connectivity index (χ2v) is 15.9. The first-order chi connectivity index (χ1) is 27.8. The fourth-order valence-electron chi connectivity index (χ4n) is 9.62. The molecule has 0 saturated carbocycles. The van der Waals surface area contributed by atoms with E-state index < -0.39 is 5.41 Å². The first-order valence-corrected chi connectivity index (χ1v) is 20.0. The molecule has 0 N–H and O–H groups in total. The predicted octanol–water partition coefficient (Wildman–Crippen LogP) is 13.9. The summed E-state index contributed by atoms with van der Waals surface area (Å²) in [6, 6.07) is 70.5. The number of hydrogen-bond donors (Lipinski definition) is 0. The molecule has 1 spiro atoms. The number of rotatable bonds is 4. The summed E-state index contributed by atoms with van der Waals surface area (Å²) in [4.78, 5) is 10.9. The average Bonchev–Trinajstić information content (AvgIpc) is 3.91. The van der Waals surface area contributed by atoms with E-state index in [1.54, 1.807) is 0 Å². The lowest BCUT2D eigenvalue weighted by Crippen LogP contribution is -2.25. The van der Waals surface area contributed by atoms with E-state index in [2.05, 4.69) is 194 Å². The monoisotopic (exact) mass is 728 g/mol. The molecular formula is C53H32N2S. The fraction of sp³-hybridized carbons (Fsp3) is 0.0189. The number of aromatic nitrogens is 2. The van der Waals surface area contributed by atoms with Crippen LogP contribution in [-0.2, 0) is 5.41 Å². The molecule has 2 aliphatic carbocycles. The van der Waals surface area contributed by atoms with Gasteiger partial charge in [0.15, 0.2) is 5.82 Å². The zero-order valence-electron chi connectivity index (χ0n) is 30.3. The van der Waals surface area contributed by atoms with Crippen LogP contribution in [0.1, 0.15) is 22.3 Å². The van der Waals surface area contributed by atoms with Crippen molar-refractivity contribution in [1.29, 1.82) is 0 Å². The highest BCUT2D eigenvalue weighted by molar-refractivity contribution is 7.26. The van der Waals surface area contributed by atoms with Crippen LogP contribution in [0.5, 0.6) is 0 Å². The summed E-state index contributed by atoms with van der Waals surface area (Å²) in [6.45, 7) is 0. The summed E-state index contributed by atoms with van der Waals surface area (Å²) in [7, 11) is 0. The Bertz CT molecular complexity index is 3170. The summed E-state index contributed by atoms with van der Waals surface area (Å²) in [6.07, 6.45) is 0. The Labute approximate surface area is 329 Å². The zero-order valence-corrected chi connectivity index (χ0v) is 31.1. The van der Waals surface area contributed by atoms with Gasteiger partial charge in [-0.2, -0.15) is 0 Å². The first-order valence-electron chi connectivity index (χ1n) is 19.2. The van der Waals surface area contributed by atoms with Crippen molar-refractivity contribution in [2.75, 3.05) is 0 Å². The standard InChI is InChI=1S/C53H32N2S/c1-2-15-33(16-3-1)47-32-48(35-18-12-17-34(31-35)36-23-13-24-40-39-21-7-11-30-49(39)56-51(36)40)55-52(54-47)42-25-14-29-46-50(42)41-22-6-10-28-45(41)53(46)43-26-8-4-19-37(43)38-20-5-9-27-44(38)53/h1-32H. The van der Waals surface area contributed by atoms with Crippen LogP contribution in [0.15, 0.2) is 194 Å². The third kappa shape index (κ3) is 4.38. The van der Waals surface area contributed by atoms with Crippen molar-refractivity contribution >= 4 is 31.5 Å². The minimum Gasteiger partial charge on any atom is -0.228 e. The van der Waals surface area contributed by atoms with Gasteiger partial charge < -0.3 is 0 Å². The van der Waals surface area contributed by atoms with Crippen molar-refractivity contribution < 1.29 is 0 Å². The number of thiophene rings is 1. The number of nitrogens with zero attached hydrogens (tertiary/aromatic N) is 2. The highest BCUT2D eigenvalue weighted by Gasteiger charge is 2.52. The molecule has 0 atom stereocenters. The second-order valence-electron chi connectivity index (χ2n) is 14.8. The number of hydrogen-bond acceptors (Lipinski definition) is 3. The van der Waals surface area contributed by atoms with Crippen LogP contribution in [0, 0.1) is 0 Å². The van der Waals surface area contributed by atoms with Gasteiger partial charge in [0, 0.05) is 36.9 Å². The molecule has 2 aliphatic rings. The van der Waals surface area contributed by atoms with Gasteiger partial charge >= 0.3 is 0 Å². The quantitative estimate of drug-likeness (QED) is 0.180. The number of fused-ring (bicyclic) bond motifs is 13. The van der Waals surface area contributed by atoms with Gasteiger partial charge in [-0.3, -0.25) is 0 Å². The average molecular weight is 729 g/mol. The van der Waals surface area contributed by atoms with Crippen molar-refractivity contribution in [3.63, 3.8) is 0 Å². The van der Waals surface area contributed by atoms with Gasteiger partial charge in [-0.05, 0) is 73.8 Å². The molecule has 56 heavy (non-hydrogen) atoms. The molecule has 260 valence electrons. The molecular weight excluding hydrogens is 697 g/mol. The first kappa shape index (κ1) is 31.4. The molecule has 0 unspecified atom stereocenters. The molecule has 12 rings (SSSR count). The van der Waals surface area contributed by atoms with Crippen LogP contribution in [0.2, 0.25) is 0 Å². The highest BCUT2D eigenvalue weighted by atomic mass is 32.1. The summed E-state index contributed by atoms with van der Waals surface area (Å²) < 4.78 is 2.61. The molecule has 10 aromatic rings. The van der Waals surface area contributed by atoms with Crippen LogP contribution in [-0.4, -0.2) is 9.97 Å². The van der Waals surface area contributed by atoms with E-state index in [1.165, 1.54) is 75.8 Å². The van der Waals surface area contributed by atoms with Crippen molar-refractivity contribution in [1.82, 2.24) is 9.97 Å². The van der Waals surface area contributed by atoms with E-state index in [0.717, 1.165) is 33.9 Å². The summed E-state index contributed by atoms with van der Waals surface area (Å²) in [5.74, 6) is 0.724. The van der Waals surface area contributed by atoms with Crippen LogP contribution >= 0.6 is 11.3 Å². The molecule has 2 nitrogen and oxygen atoms in total. The van der Waals surface area contributed by atoms with Gasteiger partial charge in [0.05, 0.1) is 16.8 Å². The van der Waals surface area contributed by atoms with E-state index in [9.17, 15) is 0 Å². The van der Waals surface area contributed by atoms with Gasteiger partial charge in [-0.25, -0.2) is 9.97 Å². The van der Waals surface area contributed by atoms with Crippen molar-refractivity contribution in [3.8, 4) is 67.3 Å². The summed E-state index contributed by atoms with van der Waals surface area (Å²) >= 11 is 1.86. The molecule has 0 fully saturated rings. The maximum atomic E-state index is 5.48. The van der Waals surface area contributed by atoms with E-state index >= 15 is 0 Å². The van der Waals surface area contributed by atoms with Crippen LogP contribution < -0.4 is 0 Å². The maximum Gasteiger partial charge on any atom is 0.161 e. The van der Waals surface area contributed by atoms with Gasteiger partial charge in [0.25, 0.3) is 0 Å². The molecule has 0 bridgehead atoms. The Hall–Kier alpha value is -6.94. The third-order valence-electron chi connectivity index (χ3n) is 11.9. The Morgan fingerprint density at radius 2 is 0.875 bits per heavy atom. The fourth-order valence-corrected chi connectivity index (χ4v) is 10.9. The smallest absolute Gasteiger partial charge is 0.161 e. The van der Waals surface area contributed by atoms with Crippen molar-refractivity contribution in [3.05, 3.63) is 216 Å². The van der Waals surface area contributed by atoms with Gasteiger partial charge in [0.2, 0.25) is 0 Å². The zero-order chi connectivity index (χ0) is 36.8. The van der Waals surface area contributed by atoms with Crippen LogP contribution in [0.25, 0.3) is 87.5 Å². The molecule has 0 aliphatic heterocycles. The van der Waals surface area contributed by atoms with Gasteiger partial charge in [0.1, 0.15) is 0 Å². The molecule has 0 radical (unpaired) electrons. The van der Waals surface area contributed by atoms with E-state index in [1.807, 2.05) is 11.3 Å². The van der Waals surface area contributed by atoms with Crippen LogP contribution in [0.3, 0.4) is 0 Å². The topological polar surface area (TPSA) is 25.8 Å². The third-order valence-corrected chi connectivity index (χ3v) is 13.2. The van der Waals surface area contributed by atoms with E-state index in [0.29, 0.717) is 0 Å². The van der Waals surface area contributed by atoms with E-state index in [4.69, 9.17) is 9.97 Å². The number of benzene rings is 8.